The summed E-state index contributed by atoms with van der Waals surface area (Å²) in [6, 6.07) is 6.54. The van der Waals surface area contributed by atoms with Crippen molar-refractivity contribution in [3.63, 3.8) is 0 Å². The van der Waals surface area contributed by atoms with Crippen LogP contribution in [0.4, 0.5) is 0 Å². The number of H-pyrrole nitrogens is 1. The van der Waals surface area contributed by atoms with Crippen LogP contribution in [0, 0.1) is 18.3 Å². The Labute approximate surface area is 117 Å². The molecule has 0 radical (unpaired) electrons. The first-order chi connectivity index (χ1) is 9.53. The summed E-state index contributed by atoms with van der Waals surface area (Å²) in [6.45, 7) is 1.94. The topological polar surface area (TPSA) is 98.6 Å². The van der Waals surface area contributed by atoms with Crippen molar-refractivity contribution in [3.8, 4) is 6.07 Å². The van der Waals surface area contributed by atoms with E-state index in [1.165, 1.54) is 6.07 Å². The molecule has 0 saturated carbocycles. The molecule has 0 aliphatic heterocycles. The molecule has 1 aromatic heterocycles. The molecular weight excluding hydrogens is 276 g/mol. The zero-order chi connectivity index (χ0) is 14.6. The van der Waals surface area contributed by atoms with E-state index in [9.17, 15) is 8.42 Å². The van der Waals surface area contributed by atoms with Gasteiger partial charge in [-0.05, 0) is 24.6 Å². The molecule has 2 rings (SSSR count). The molecule has 1 aromatic carbocycles. The smallest absolute Gasteiger partial charge is 0.240 e. The fourth-order valence-electron chi connectivity index (χ4n) is 1.78. The normalized spacial score (nSPS) is 11.2. The quantitative estimate of drug-likeness (QED) is 0.861. The van der Waals surface area contributed by atoms with Gasteiger partial charge in [-0.25, -0.2) is 18.1 Å². The van der Waals surface area contributed by atoms with Crippen LogP contribution >= 0.6 is 0 Å². The van der Waals surface area contributed by atoms with Gasteiger partial charge >= 0.3 is 0 Å². The van der Waals surface area contributed by atoms with Gasteiger partial charge in [-0.2, -0.15) is 5.26 Å². The van der Waals surface area contributed by atoms with Crippen molar-refractivity contribution in [2.75, 3.05) is 6.54 Å². The Morgan fingerprint density at radius 2 is 2.25 bits per heavy atom. The monoisotopic (exact) mass is 290 g/mol. The number of hydrogen-bond donors (Lipinski definition) is 2. The summed E-state index contributed by atoms with van der Waals surface area (Å²) >= 11 is 0. The SMILES string of the molecule is Cc1ccc(C#N)cc1S(=O)(=O)NCCc1ncc[nH]1. The first-order valence-corrected chi connectivity index (χ1v) is 7.50. The van der Waals surface area contributed by atoms with Crippen LogP contribution in [0.1, 0.15) is 17.0 Å². The van der Waals surface area contributed by atoms with Crippen LogP contribution < -0.4 is 4.72 Å². The molecule has 0 amide bonds. The van der Waals surface area contributed by atoms with Crippen molar-refractivity contribution in [1.82, 2.24) is 14.7 Å². The molecular formula is C13H14N4O2S. The van der Waals surface area contributed by atoms with Crippen LogP contribution in [-0.4, -0.2) is 24.9 Å². The summed E-state index contributed by atoms with van der Waals surface area (Å²) < 4.78 is 26.9. The number of aromatic nitrogens is 2. The summed E-state index contributed by atoms with van der Waals surface area (Å²) in [7, 11) is -3.62. The van der Waals surface area contributed by atoms with Crippen molar-refractivity contribution in [2.24, 2.45) is 0 Å². The summed E-state index contributed by atoms with van der Waals surface area (Å²) in [5.41, 5.74) is 0.927. The molecule has 0 aliphatic rings. The lowest BCUT2D eigenvalue weighted by atomic mass is 10.2. The average molecular weight is 290 g/mol. The number of hydrogen-bond acceptors (Lipinski definition) is 4. The van der Waals surface area contributed by atoms with E-state index in [1.807, 2.05) is 6.07 Å². The third-order valence-corrected chi connectivity index (χ3v) is 4.42. The number of benzene rings is 1. The van der Waals surface area contributed by atoms with E-state index in [0.29, 0.717) is 17.5 Å². The van der Waals surface area contributed by atoms with Crippen LogP contribution in [0.5, 0.6) is 0 Å². The van der Waals surface area contributed by atoms with Crippen LogP contribution in [-0.2, 0) is 16.4 Å². The van der Waals surface area contributed by atoms with E-state index in [1.54, 1.807) is 31.5 Å². The van der Waals surface area contributed by atoms with Crippen LogP contribution in [0.3, 0.4) is 0 Å². The zero-order valence-corrected chi connectivity index (χ0v) is 11.7. The van der Waals surface area contributed by atoms with Gasteiger partial charge in [0.15, 0.2) is 0 Å². The largest absolute Gasteiger partial charge is 0.349 e. The number of aryl methyl sites for hydroxylation is 1. The molecule has 0 aliphatic carbocycles. The zero-order valence-electron chi connectivity index (χ0n) is 10.9. The Kier molecular flexibility index (Phi) is 4.17. The van der Waals surface area contributed by atoms with Gasteiger partial charge in [-0.3, -0.25) is 0 Å². The molecule has 6 nitrogen and oxygen atoms in total. The van der Waals surface area contributed by atoms with Gasteiger partial charge in [0.2, 0.25) is 10.0 Å². The fourth-order valence-corrected chi connectivity index (χ4v) is 3.08. The van der Waals surface area contributed by atoms with E-state index < -0.39 is 10.0 Å². The molecule has 7 heteroatoms. The molecule has 0 bridgehead atoms. The predicted molar refractivity (Wildman–Crippen MR) is 73.4 cm³/mol. The third-order valence-electron chi connectivity index (χ3n) is 2.82. The standard InChI is InChI=1S/C13H14N4O2S/c1-10-2-3-11(9-14)8-12(10)20(18,19)17-5-4-13-15-6-7-16-13/h2-3,6-8,17H,4-5H2,1H3,(H,15,16). The van der Waals surface area contributed by atoms with Crippen LogP contribution in [0.25, 0.3) is 0 Å². The highest BCUT2D eigenvalue weighted by Gasteiger charge is 2.17. The lowest BCUT2D eigenvalue weighted by Crippen LogP contribution is -2.27. The molecule has 0 spiro atoms. The molecule has 2 N–H and O–H groups in total. The van der Waals surface area contributed by atoms with Gasteiger partial charge < -0.3 is 4.98 Å². The lowest BCUT2D eigenvalue weighted by molar-refractivity contribution is 0.580. The van der Waals surface area contributed by atoms with Crippen LogP contribution in [0.2, 0.25) is 0 Å². The van der Waals surface area contributed by atoms with Gasteiger partial charge in [0.25, 0.3) is 0 Å². The molecule has 0 unspecified atom stereocenters. The number of aromatic amines is 1. The second-order valence-electron chi connectivity index (χ2n) is 4.28. The van der Waals surface area contributed by atoms with Gasteiger partial charge in [-0.1, -0.05) is 6.07 Å². The molecule has 2 aromatic rings. The van der Waals surface area contributed by atoms with E-state index in [4.69, 9.17) is 5.26 Å². The van der Waals surface area contributed by atoms with Gasteiger partial charge in [0.05, 0.1) is 16.5 Å². The maximum absolute atomic E-state index is 12.2. The summed E-state index contributed by atoms with van der Waals surface area (Å²) in [5.74, 6) is 0.718. The number of sulfonamides is 1. The fraction of sp³-hybridized carbons (Fsp3) is 0.231. The highest BCUT2D eigenvalue weighted by molar-refractivity contribution is 7.89. The second-order valence-corrected chi connectivity index (χ2v) is 6.01. The van der Waals surface area contributed by atoms with Gasteiger partial charge in [0.1, 0.15) is 5.82 Å². The Morgan fingerprint density at radius 3 is 2.90 bits per heavy atom. The minimum Gasteiger partial charge on any atom is -0.349 e. The number of nitriles is 1. The first-order valence-electron chi connectivity index (χ1n) is 6.01. The summed E-state index contributed by atoms with van der Waals surface area (Å²) in [6.07, 6.45) is 3.78. The number of imidazole rings is 1. The summed E-state index contributed by atoms with van der Waals surface area (Å²) in [5, 5.41) is 8.84. The Morgan fingerprint density at radius 1 is 1.45 bits per heavy atom. The molecule has 0 saturated heterocycles. The molecule has 1 heterocycles. The van der Waals surface area contributed by atoms with Crippen molar-refractivity contribution < 1.29 is 8.42 Å². The number of nitrogens with zero attached hydrogens (tertiary/aromatic N) is 2. The van der Waals surface area contributed by atoms with Gasteiger partial charge in [0, 0.05) is 25.4 Å². The minimum atomic E-state index is -3.62. The lowest BCUT2D eigenvalue weighted by Gasteiger charge is -2.09. The third kappa shape index (κ3) is 3.23. The van der Waals surface area contributed by atoms with E-state index in [2.05, 4.69) is 14.7 Å². The highest BCUT2D eigenvalue weighted by atomic mass is 32.2. The maximum atomic E-state index is 12.2. The molecule has 104 valence electrons. The Balaban J connectivity index is 2.12. The average Bonchev–Trinajstić information content (AvgIpc) is 2.92. The molecule has 0 fully saturated rings. The minimum absolute atomic E-state index is 0.135. The maximum Gasteiger partial charge on any atom is 0.240 e. The van der Waals surface area contributed by atoms with Crippen LogP contribution in [0.15, 0.2) is 35.5 Å². The van der Waals surface area contributed by atoms with Gasteiger partial charge in [-0.15, -0.1) is 0 Å². The van der Waals surface area contributed by atoms with Crippen molar-refractivity contribution in [1.29, 1.82) is 5.26 Å². The Bertz CT molecular complexity index is 730. The second kappa shape index (κ2) is 5.86. The molecule has 0 atom stereocenters. The van der Waals surface area contributed by atoms with E-state index in [-0.39, 0.29) is 11.4 Å². The first kappa shape index (κ1) is 14.2. The van der Waals surface area contributed by atoms with E-state index in [0.717, 1.165) is 5.82 Å². The Hall–Kier alpha value is -2.17. The van der Waals surface area contributed by atoms with Crippen molar-refractivity contribution in [2.45, 2.75) is 18.2 Å². The van der Waals surface area contributed by atoms with E-state index >= 15 is 0 Å². The van der Waals surface area contributed by atoms with Crippen molar-refractivity contribution >= 4 is 10.0 Å². The number of rotatable bonds is 5. The molecule has 20 heavy (non-hydrogen) atoms. The summed E-state index contributed by atoms with van der Waals surface area (Å²) in [4.78, 5) is 7.06. The predicted octanol–water partition coefficient (Wildman–Crippen LogP) is 1.11. The highest BCUT2D eigenvalue weighted by Crippen LogP contribution is 2.16. The van der Waals surface area contributed by atoms with Crippen molar-refractivity contribution in [3.05, 3.63) is 47.5 Å². The number of nitrogens with one attached hydrogen (secondary N) is 2.